The third kappa shape index (κ3) is 6.91. The first kappa shape index (κ1) is 28.7. The first-order chi connectivity index (χ1) is 20.5. The minimum absolute atomic E-state index is 0.152. The number of hydrogen-bond acceptors (Lipinski definition) is 10. The summed E-state index contributed by atoms with van der Waals surface area (Å²) in [6, 6.07) is 16.5. The Balaban J connectivity index is 1.29. The van der Waals surface area contributed by atoms with Gasteiger partial charge in [-0.2, -0.15) is 4.68 Å². The number of nitrogens with zero attached hydrogens (tertiary/aromatic N) is 5. The summed E-state index contributed by atoms with van der Waals surface area (Å²) in [5, 5.41) is 27.4. The van der Waals surface area contributed by atoms with Crippen molar-refractivity contribution in [3.8, 4) is 27.6 Å². The van der Waals surface area contributed by atoms with Crippen LogP contribution in [-0.4, -0.2) is 43.3 Å². The molecule has 0 unspecified atom stereocenters. The van der Waals surface area contributed by atoms with E-state index in [1.165, 1.54) is 27.4 Å². The van der Waals surface area contributed by atoms with Crippen molar-refractivity contribution in [1.82, 2.24) is 30.5 Å². The van der Waals surface area contributed by atoms with Crippen LogP contribution in [0.4, 0.5) is 10.8 Å². The Labute approximate surface area is 247 Å². The number of benzene rings is 2. The van der Waals surface area contributed by atoms with E-state index >= 15 is 0 Å². The Morgan fingerprint density at radius 2 is 1.79 bits per heavy atom. The van der Waals surface area contributed by atoms with Gasteiger partial charge in [0.15, 0.2) is 5.69 Å². The molecule has 42 heavy (non-hydrogen) atoms. The second kappa shape index (κ2) is 13.7. The SMILES string of the molecule is O=C(CCCCCNC(=O)c1ccc(-c2csc(-n3[nH]c(-c4ccccc4)c(N=Nc4nccs4)c3=O)n2)cc1)NO. The van der Waals surface area contributed by atoms with Crippen molar-refractivity contribution in [2.75, 3.05) is 6.54 Å². The Morgan fingerprint density at radius 1 is 0.976 bits per heavy atom. The van der Waals surface area contributed by atoms with Crippen molar-refractivity contribution in [3.63, 3.8) is 0 Å². The van der Waals surface area contributed by atoms with Crippen LogP contribution >= 0.6 is 22.7 Å². The van der Waals surface area contributed by atoms with Gasteiger partial charge in [-0.1, -0.05) is 48.9 Å². The monoisotopic (exact) mass is 602 g/mol. The summed E-state index contributed by atoms with van der Waals surface area (Å²) in [6.07, 6.45) is 3.98. The Hall–Kier alpha value is -4.79. The van der Waals surface area contributed by atoms with Gasteiger partial charge in [0, 0.05) is 46.6 Å². The van der Waals surface area contributed by atoms with Crippen LogP contribution in [-0.2, 0) is 4.79 Å². The molecule has 4 N–H and O–H groups in total. The highest BCUT2D eigenvalue weighted by Gasteiger charge is 2.19. The van der Waals surface area contributed by atoms with Crippen LogP contribution in [0.3, 0.4) is 0 Å². The zero-order valence-electron chi connectivity index (χ0n) is 22.2. The predicted molar refractivity (Wildman–Crippen MR) is 160 cm³/mol. The molecule has 14 heteroatoms. The van der Waals surface area contributed by atoms with Gasteiger partial charge in [0.25, 0.3) is 5.91 Å². The molecule has 3 aromatic heterocycles. The number of carbonyl (C=O) groups excluding carboxylic acids is 2. The van der Waals surface area contributed by atoms with Gasteiger partial charge in [-0.05, 0) is 25.0 Å². The molecule has 2 aromatic carbocycles. The van der Waals surface area contributed by atoms with Crippen LogP contribution in [0.1, 0.15) is 36.0 Å². The van der Waals surface area contributed by atoms with Gasteiger partial charge in [-0.25, -0.2) is 15.4 Å². The molecular formula is C28H26N8O4S2. The standard InChI is InChI=1S/C28H26N8O4S2/c37-22(35-40)9-5-2-6-14-29-25(38)20-12-10-18(11-13-20)21-17-42-28(31-21)36-26(39)24(32-33-27-30-15-16-41-27)23(34-36)19-7-3-1-4-8-19/h1,3-4,7-8,10-13,15-17,34,40H,2,5-6,9,14H2,(H,29,38)(H,35,37). The van der Waals surface area contributed by atoms with Crippen LogP contribution in [0.2, 0.25) is 0 Å². The molecule has 0 aliphatic rings. The number of H-pyrrole nitrogens is 1. The van der Waals surface area contributed by atoms with Crippen molar-refractivity contribution in [3.05, 3.63) is 87.5 Å². The second-order valence-electron chi connectivity index (χ2n) is 9.05. The minimum Gasteiger partial charge on any atom is -0.352 e. The number of aromatic nitrogens is 4. The van der Waals surface area contributed by atoms with Crippen molar-refractivity contribution in [2.45, 2.75) is 25.7 Å². The van der Waals surface area contributed by atoms with Gasteiger partial charge in [-0.3, -0.25) is 24.7 Å². The fourth-order valence-corrected chi connectivity index (χ4v) is 5.30. The van der Waals surface area contributed by atoms with Crippen LogP contribution in [0.15, 0.2) is 86.6 Å². The van der Waals surface area contributed by atoms with Gasteiger partial charge >= 0.3 is 5.56 Å². The summed E-state index contributed by atoms with van der Waals surface area (Å²) in [7, 11) is 0. The fourth-order valence-electron chi connectivity index (χ4n) is 4.06. The number of unbranched alkanes of at least 4 members (excludes halogenated alkanes) is 2. The van der Waals surface area contributed by atoms with Crippen LogP contribution in [0.25, 0.3) is 27.6 Å². The molecule has 2 amide bonds. The summed E-state index contributed by atoms with van der Waals surface area (Å²) >= 11 is 2.62. The van der Waals surface area contributed by atoms with Crippen molar-refractivity contribution in [2.24, 2.45) is 10.2 Å². The molecule has 214 valence electrons. The van der Waals surface area contributed by atoms with E-state index in [2.05, 4.69) is 30.6 Å². The first-order valence-corrected chi connectivity index (χ1v) is 14.8. The summed E-state index contributed by atoms with van der Waals surface area (Å²) < 4.78 is 1.35. The second-order valence-corrected chi connectivity index (χ2v) is 10.8. The molecule has 0 saturated heterocycles. The highest BCUT2D eigenvalue weighted by molar-refractivity contribution is 7.13. The highest BCUT2D eigenvalue weighted by atomic mass is 32.1. The predicted octanol–water partition coefficient (Wildman–Crippen LogP) is 5.62. The molecule has 0 atom stereocenters. The molecule has 3 heterocycles. The van der Waals surface area contributed by atoms with Crippen molar-refractivity contribution in [1.29, 1.82) is 0 Å². The third-order valence-electron chi connectivity index (χ3n) is 6.20. The van der Waals surface area contributed by atoms with E-state index in [4.69, 9.17) is 5.21 Å². The molecule has 12 nitrogen and oxygen atoms in total. The molecule has 0 aliphatic heterocycles. The van der Waals surface area contributed by atoms with E-state index in [0.29, 0.717) is 40.2 Å². The summed E-state index contributed by atoms with van der Waals surface area (Å²) in [6.45, 7) is 0.484. The lowest BCUT2D eigenvalue weighted by atomic mass is 10.1. The lowest BCUT2D eigenvalue weighted by Gasteiger charge is -2.06. The first-order valence-electron chi connectivity index (χ1n) is 13.0. The molecule has 5 rings (SSSR count). The molecule has 0 saturated carbocycles. The number of azo groups is 1. The number of thiazole rings is 2. The molecule has 0 fully saturated rings. The molecule has 0 spiro atoms. The molecule has 0 bridgehead atoms. The van der Waals surface area contributed by atoms with E-state index in [0.717, 1.165) is 24.0 Å². The van der Waals surface area contributed by atoms with E-state index in [9.17, 15) is 14.4 Å². The summed E-state index contributed by atoms with van der Waals surface area (Å²) in [4.78, 5) is 45.7. The number of carbonyl (C=O) groups is 2. The maximum absolute atomic E-state index is 13.4. The molecule has 0 aliphatic carbocycles. The zero-order chi connectivity index (χ0) is 29.3. The number of nitrogens with one attached hydrogen (secondary N) is 3. The maximum atomic E-state index is 13.4. The Kier molecular flexibility index (Phi) is 9.38. The zero-order valence-corrected chi connectivity index (χ0v) is 23.8. The largest absolute Gasteiger partial charge is 0.352 e. The lowest BCUT2D eigenvalue weighted by molar-refractivity contribution is -0.129. The minimum atomic E-state index is -0.415. The van der Waals surface area contributed by atoms with Crippen LogP contribution < -0.4 is 16.4 Å². The number of hydroxylamine groups is 1. The number of amides is 2. The van der Waals surface area contributed by atoms with Gasteiger partial charge < -0.3 is 5.32 Å². The van der Waals surface area contributed by atoms with Crippen LogP contribution in [0, 0.1) is 0 Å². The highest BCUT2D eigenvalue weighted by Crippen LogP contribution is 2.30. The third-order valence-corrected chi connectivity index (χ3v) is 7.68. The summed E-state index contributed by atoms with van der Waals surface area (Å²) in [5.74, 6) is -0.610. The Bertz CT molecular complexity index is 1730. The van der Waals surface area contributed by atoms with E-state index in [-0.39, 0.29) is 18.0 Å². The lowest BCUT2D eigenvalue weighted by Crippen LogP contribution is -2.24. The average Bonchev–Trinajstić information content (AvgIpc) is 3.79. The Morgan fingerprint density at radius 3 is 2.52 bits per heavy atom. The maximum Gasteiger partial charge on any atom is 0.301 e. The van der Waals surface area contributed by atoms with Gasteiger partial charge in [-0.15, -0.1) is 32.9 Å². The normalized spacial score (nSPS) is 11.2. The number of rotatable bonds is 12. The molecule has 5 aromatic rings. The fraction of sp³-hybridized carbons (Fsp3) is 0.179. The van der Waals surface area contributed by atoms with E-state index in [1.807, 2.05) is 47.8 Å². The van der Waals surface area contributed by atoms with Gasteiger partial charge in [0.1, 0.15) is 0 Å². The molecule has 0 radical (unpaired) electrons. The summed E-state index contributed by atoms with van der Waals surface area (Å²) in [5.41, 5.74) is 4.62. The van der Waals surface area contributed by atoms with Gasteiger partial charge in [0.05, 0.1) is 11.4 Å². The average molecular weight is 603 g/mol. The number of hydrogen-bond donors (Lipinski definition) is 4. The van der Waals surface area contributed by atoms with E-state index in [1.54, 1.807) is 29.2 Å². The van der Waals surface area contributed by atoms with Gasteiger partial charge in [0.2, 0.25) is 16.2 Å². The number of aromatic amines is 1. The van der Waals surface area contributed by atoms with Crippen molar-refractivity contribution < 1.29 is 14.8 Å². The molecular weight excluding hydrogens is 576 g/mol. The smallest absolute Gasteiger partial charge is 0.301 e. The van der Waals surface area contributed by atoms with E-state index < -0.39 is 11.5 Å². The topological polar surface area (TPSA) is 167 Å². The quantitative estimate of drug-likeness (QED) is 0.0625. The van der Waals surface area contributed by atoms with Crippen LogP contribution in [0.5, 0.6) is 0 Å². The van der Waals surface area contributed by atoms with Crippen molar-refractivity contribution >= 4 is 45.3 Å².